The van der Waals surface area contributed by atoms with Crippen LogP contribution in [0.2, 0.25) is 0 Å². The molecule has 1 spiro atoms. The Morgan fingerprint density at radius 3 is 2.86 bits per heavy atom. The number of rotatable bonds is 6. The van der Waals surface area contributed by atoms with E-state index in [9.17, 15) is 4.79 Å². The lowest BCUT2D eigenvalue weighted by molar-refractivity contribution is -0.122. The van der Waals surface area contributed by atoms with E-state index in [-0.39, 0.29) is 5.91 Å². The summed E-state index contributed by atoms with van der Waals surface area (Å²) in [5.41, 5.74) is 3.59. The fourth-order valence-corrected chi connectivity index (χ4v) is 5.57. The van der Waals surface area contributed by atoms with Gasteiger partial charge in [-0.15, -0.1) is 0 Å². The molecule has 28 heavy (non-hydrogen) atoms. The van der Waals surface area contributed by atoms with Gasteiger partial charge in [-0.05, 0) is 81.6 Å². The van der Waals surface area contributed by atoms with E-state index >= 15 is 0 Å². The first-order valence-electron chi connectivity index (χ1n) is 10.4. The van der Waals surface area contributed by atoms with Crippen LogP contribution in [0.25, 0.3) is 0 Å². The SMILES string of the molecule is Cc1noc(C)c1CCC(=O)NC1CCCC12CCN(Cc1cnsc1)CC2. The van der Waals surface area contributed by atoms with Crippen LogP contribution in [0.4, 0.5) is 0 Å². The standard InChI is InChI=1S/C21H30N4O2S/c1-15-18(16(2)27-24-15)5-6-20(26)23-19-4-3-7-21(19)8-10-25(11-9-21)13-17-12-22-28-14-17/h12,14,19H,3-11,13H2,1-2H3,(H,23,26). The molecule has 2 aliphatic rings. The molecule has 0 aromatic carbocycles. The zero-order valence-corrected chi connectivity index (χ0v) is 17.7. The highest BCUT2D eigenvalue weighted by molar-refractivity contribution is 7.03. The molecule has 1 saturated heterocycles. The van der Waals surface area contributed by atoms with Crippen molar-refractivity contribution in [1.29, 1.82) is 0 Å². The zero-order valence-electron chi connectivity index (χ0n) is 16.9. The van der Waals surface area contributed by atoms with Crippen LogP contribution in [0.15, 0.2) is 16.1 Å². The fourth-order valence-electron chi connectivity index (χ4n) is 5.05. The lowest BCUT2D eigenvalue weighted by Gasteiger charge is -2.43. The van der Waals surface area contributed by atoms with Gasteiger partial charge in [0.2, 0.25) is 5.91 Å². The molecule has 1 aliphatic heterocycles. The summed E-state index contributed by atoms with van der Waals surface area (Å²) in [7, 11) is 0. The lowest BCUT2D eigenvalue weighted by atomic mass is 9.74. The van der Waals surface area contributed by atoms with Crippen molar-refractivity contribution in [3.63, 3.8) is 0 Å². The van der Waals surface area contributed by atoms with Crippen molar-refractivity contribution in [2.75, 3.05) is 13.1 Å². The Bertz CT molecular complexity index is 774. The maximum Gasteiger partial charge on any atom is 0.220 e. The molecule has 1 amide bonds. The van der Waals surface area contributed by atoms with Gasteiger partial charge >= 0.3 is 0 Å². The zero-order chi connectivity index (χ0) is 19.6. The summed E-state index contributed by atoms with van der Waals surface area (Å²) in [4.78, 5) is 15.2. The van der Waals surface area contributed by atoms with Crippen LogP contribution >= 0.6 is 11.5 Å². The van der Waals surface area contributed by atoms with Gasteiger partial charge < -0.3 is 9.84 Å². The Morgan fingerprint density at radius 2 is 2.18 bits per heavy atom. The quantitative estimate of drug-likeness (QED) is 0.799. The van der Waals surface area contributed by atoms with Crippen LogP contribution < -0.4 is 5.32 Å². The van der Waals surface area contributed by atoms with Gasteiger partial charge in [-0.25, -0.2) is 4.37 Å². The number of amides is 1. The van der Waals surface area contributed by atoms with E-state index in [1.54, 1.807) is 0 Å². The summed E-state index contributed by atoms with van der Waals surface area (Å²) in [5.74, 6) is 0.994. The summed E-state index contributed by atoms with van der Waals surface area (Å²) < 4.78 is 9.42. The number of aryl methyl sites for hydroxylation is 2. The molecule has 0 radical (unpaired) electrons. The van der Waals surface area contributed by atoms with E-state index in [0.717, 1.165) is 43.1 Å². The van der Waals surface area contributed by atoms with Gasteiger partial charge in [0.15, 0.2) is 0 Å². The molecule has 2 aromatic heterocycles. The molecular weight excluding hydrogens is 372 g/mol. The second-order valence-electron chi connectivity index (χ2n) is 8.49. The summed E-state index contributed by atoms with van der Waals surface area (Å²) in [6.07, 6.45) is 9.14. The van der Waals surface area contributed by atoms with E-state index in [1.807, 2.05) is 20.0 Å². The predicted octanol–water partition coefficient (Wildman–Crippen LogP) is 3.63. The van der Waals surface area contributed by atoms with Crippen molar-refractivity contribution in [2.45, 2.75) is 71.4 Å². The van der Waals surface area contributed by atoms with Gasteiger partial charge in [0.05, 0.1) is 5.69 Å². The number of aromatic nitrogens is 2. The number of nitrogens with zero attached hydrogens (tertiary/aromatic N) is 3. The Balaban J connectivity index is 1.29. The molecular formula is C21H30N4O2S. The van der Waals surface area contributed by atoms with Crippen LogP contribution in [0.5, 0.6) is 0 Å². The summed E-state index contributed by atoms with van der Waals surface area (Å²) in [6.45, 7) is 7.08. The Morgan fingerprint density at radius 1 is 1.36 bits per heavy atom. The second-order valence-corrected chi connectivity index (χ2v) is 9.14. The van der Waals surface area contributed by atoms with Crippen LogP contribution in [0.1, 0.15) is 61.1 Å². The second kappa shape index (κ2) is 8.33. The van der Waals surface area contributed by atoms with E-state index in [0.29, 0.717) is 24.3 Å². The summed E-state index contributed by atoms with van der Waals surface area (Å²) >= 11 is 1.53. The molecule has 1 aliphatic carbocycles. The molecule has 2 fully saturated rings. The largest absolute Gasteiger partial charge is 0.361 e. The van der Waals surface area contributed by atoms with E-state index in [4.69, 9.17) is 4.52 Å². The topological polar surface area (TPSA) is 71.3 Å². The molecule has 152 valence electrons. The van der Waals surface area contributed by atoms with Gasteiger partial charge in [-0.1, -0.05) is 11.6 Å². The van der Waals surface area contributed by atoms with Crippen molar-refractivity contribution >= 4 is 17.4 Å². The maximum absolute atomic E-state index is 12.6. The highest BCUT2D eigenvalue weighted by Gasteiger charge is 2.45. The normalized spacial score (nSPS) is 22.0. The minimum Gasteiger partial charge on any atom is -0.361 e. The number of hydrogen-bond donors (Lipinski definition) is 1. The Labute approximate surface area is 170 Å². The third-order valence-electron chi connectivity index (χ3n) is 6.77. The van der Waals surface area contributed by atoms with Crippen molar-refractivity contribution in [1.82, 2.24) is 19.7 Å². The molecule has 1 N–H and O–H groups in total. The van der Waals surface area contributed by atoms with Crippen molar-refractivity contribution < 1.29 is 9.32 Å². The molecule has 1 unspecified atom stereocenters. The highest BCUT2D eigenvalue weighted by Crippen LogP contribution is 2.46. The molecule has 1 saturated carbocycles. The minimum atomic E-state index is 0.165. The van der Waals surface area contributed by atoms with Crippen LogP contribution in [0.3, 0.4) is 0 Å². The number of carbonyl (C=O) groups excluding carboxylic acids is 1. The van der Waals surface area contributed by atoms with Gasteiger partial charge in [0.1, 0.15) is 5.76 Å². The Hall–Kier alpha value is -1.73. The van der Waals surface area contributed by atoms with Crippen molar-refractivity contribution in [3.05, 3.63) is 34.2 Å². The molecule has 2 aromatic rings. The van der Waals surface area contributed by atoms with E-state index in [1.165, 1.54) is 42.8 Å². The lowest BCUT2D eigenvalue weighted by Crippen LogP contribution is -2.50. The first kappa shape index (κ1) is 19.6. The molecule has 1 atom stereocenters. The van der Waals surface area contributed by atoms with Crippen LogP contribution in [-0.4, -0.2) is 39.5 Å². The van der Waals surface area contributed by atoms with Gasteiger partial charge in [0, 0.05) is 36.1 Å². The van der Waals surface area contributed by atoms with Crippen LogP contribution in [-0.2, 0) is 17.8 Å². The van der Waals surface area contributed by atoms with Crippen LogP contribution in [0, 0.1) is 19.3 Å². The molecule has 3 heterocycles. The van der Waals surface area contributed by atoms with E-state index < -0.39 is 0 Å². The molecule has 4 rings (SSSR count). The van der Waals surface area contributed by atoms with Crippen molar-refractivity contribution in [2.24, 2.45) is 5.41 Å². The number of likely N-dealkylation sites (tertiary alicyclic amines) is 1. The monoisotopic (exact) mass is 402 g/mol. The maximum atomic E-state index is 12.6. The number of piperidine rings is 1. The first-order valence-corrected chi connectivity index (χ1v) is 11.2. The third kappa shape index (κ3) is 4.15. The third-order valence-corrected chi connectivity index (χ3v) is 7.40. The average Bonchev–Trinajstić information content (AvgIpc) is 3.39. The number of nitrogens with one attached hydrogen (secondary N) is 1. The van der Waals surface area contributed by atoms with Gasteiger partial charge in [-0.3, -0.25) is 9.69 Å². The van der Waals surface area contributed by atoms with Gasteiger partial charge in [-0.2, -0.15) is 0 Å². The molecule has 6 nitrogen and oxygen atoms in total. The predicted molar refractivity (Wildman–Crippen MR) is 109 cm³/mol. The Kier molecular flexibility index (Phi) is 5.83. The highest BCUT2D eigenvalue weighted by atomic mass is 32.1. The minimum absolute atomic E-state index is 0.165. The van der Waals surface area contributed by atoms with Gasteiger partial charge in [0.25, 0.3) is 0 Å². The summed E-state index contributed by atoms with van der Waals surface area (Å²) in [5, 5.41) is 9.51. The first-order chi connectivity index (χ1) is 13.6. The molecule has 0 bridgehead atoms. The van der Waals surface area contributed by atoms with E-state index in [2.05, 4.69) is 25.1 Å². The smallest absolute Gasteiger partial charge is 0.220 e. The average molecular weight is 403 g/mol. The molecule has 7 heteroatoms. The number of hydrogen-bond acceptors (Lipinski definition) is 6. The fraction of sp³-hybridized carbons (Fsp3) is 0.667. The number of carbonyl (C=O) groups is 1. The van der Waals surface area contributed by atoms with Crippen molar-refractivity contribution in [3.8, 4) is 0 Å². The summed E-state index contributed by atoms with van der Waals surface area (Å²) in [6, 6.07) is 0.328.